The second-order valence-corrected chi connectivity index (χ2v) is 7.61. The zero-order chi connectivity index (χ0) is 13.4. The van der Waals surface area contributed by atoms with Crippen LogP contribution < -0.4 is 5.32 Å². The molecule has 2 heteroatoms. The highest BCUT2D eigenvalue weighted by molar-refractivity contribution is 7.98. The van der Waals surface area contributed by atoms with Gasteiger partial charge in [0.05, 0.1) is 0 Å². The fourth-order valence-corrected chi connectivity index (χ4v) is 3.69. The summed E-state index contributed by atoms with van der Waals surface area (Å²) in [5, 5.41) is 3.68. The van der Waals surface area contributed by atoms with Gasteiger partial charge in [0.25, 0.3) is 0 Å². The minimum absolute atomic E-state index is 0.780. The van der Waals surface area contributed by atoms with E-state index in [9.17, 15) is 0 Å². The number of hydrogen-bond acceptors (Lipinski definition) is 2. The van der Waals surface area contributed by atoms with E-state index in [0.29, 0.717) is 0 Å². The standard InChI is InChI=1S/C16H33NS/c1-13(2)11-17-12-16-8-7-14(3)10-15(16)6-5-9-18-4/h13-17H,5-12H2,1-4H3. The Bertz CT molecular complexity index is 205. The maximum absolute atomic E-state index is 3.68. The Kier molecular flexibility index (Phi) is 8.41. The van der Waals surface area contributed by atoms with Gasteiger partial charge < -0.3 is 5.32 Å². The summed E-state index contributed by atoms with van der Waals surface area (Å²) in [5.74, 6) is 5.02. The van der Waals surface area contributed by atoms with Gasteiger partial charge >= 0.3 is 0 Å². The van der Waals surface area contributed by atoms with Crippen LogP contribution in [0.1, 0.15) is 52.9 Å². The molecular weight excluding hydrogens is 238 g/mol. The summed E-state index contributed by atoms with van der Waals surface area (Å²) in [6.07, 6.45) is 9.48. The number of thioether (sulfide) groups is 1. The topological polar surface area (TPSA) is 12.0 Å². The lowest BCUT2D eigenvalue weighted by atomic mass is 9.73. The normalized spacial score (nSPS) is 28.8. The van der Waals surface area contributed by atoms with E-state index in [0.717, 1.165) is 23.7 Å². The van der Waals surface area contributed by atoms with E-state index in [1.807, 2.05) is 11.8 Å². The van der Waals surface area contributed by atoms with Gasteiger partial charge in [-0.2, -0.15) is 11.8 Å². The quantitative estimate of drug-likeness (QED) is 0.656. The van der Waals surface area contributed by atoms with Crippen molar-refractivity contribution in [1.82, 2.24) is 5.32 Å². The Hall–Kier alpha value is 0.310. The highest BCUT2D eigenvalue weighted by Crippen LogP contribution is 2.36. The average Bonchev–Trinajstić information content (AvgIpc) is 2.32. The molecule has 1 aliphatic carbocycles. The van der Waals surface area contributed by atoms with Crippen LogP contribution in [0.2, 0.25) is 0 Å². The molecule has 1 rings (SSSR count). The predicted octanol–water partition coefficient (Wildman–Crippen LogP) is 4.43. The Balaban J connectivity index is 2.30. The van der Waals surface area contributed by atoms with Crippen molar-refractivity contribution in [3.63, 3.8) is 0 Å². The van der Waals surface area contributed by atoms with Crippen molar-refractivity contribution in [2.45, 2.75) is 52.9 Å². The first-order valence-corrected chi connectivity index (χ1v) is 9.22. The van der Waals surface area contributed by atoms with Gasteiger partial charge in [0.15, 0.2) is 0 Å². The molecule has 18 heavy (non-hydrogen) atoms. The van der Waals surface area contributed by atoms with Crippen molar-refractivity contribution in [3.8, 4) is 0 Å². The minimum Gasteiger partial charge on any atom is -0.316 e. The summed E-state index contributed by atoms with van der Waals surface area (Å²) in [7, 11) is 0. The Morgan fingerprint density at radius 2 is 2.00 bits per heavy atom. The second kappa shape index (κ2) is 9.25. The van der Waals surface area contributed by atoms with Crippen molar-refractivity contribution in [2.24, 2.45) is 23.7 Å². The molecule has 108 valence electrons. The number of hydrogen-bond donors (Lipinski definition) is 1. The van der Waals surface area contributed by atoms with E-state index in [-0.39, 0.29) is 0 Å². The first-order chi connectivity index (χ1) is 8.63. The number of nitrogens with one attached hydrogen (secondary N) is 1. The maximum atomic E-state index is 3.68. The van der Waals surface area contributed by atoms with Crippen LogP contribution in [0.5, 0.6) is 0 Å². The lowest BCUT2D eigenvalue weighted by Crippen LogP contribution is -2.34. The molecule has 0 spiro atoms. The van der Waals surface area contributed by atoms with Crippen LogP contribution in [-0.2, 0) is 0 Å². The van der Waals surface area contributed by atoms with Crippen molar-refractivity contribution in [2.75, 3.05) is 25.1 Å². The van der Waals surface area contributed by atoms with Crippen molar-refractivity contribution in [3.05, 3.63) is 0 Å². The summed E-state index contributed by atoms with van der Waals surface area (Å²) >= 11 is 2.00. The molecule has 0 aromatic heterocycles. The third-order valence-corrected chi connectivity index (χ3v) is 4.98. The molecule has 0 heterocycles. The van der Waals surface area contributed by atoms with Gasteiger partial charge in [-0.15, -0.1) is 0 Å². The Morgan fingerprint density at radius 3 is 2.67 bits per heavy atom. The first kappa shape index (κ1) is 16.4. The van der Waals surface area contributed by atoms with Crippen LogP contribution in [0.25, 0.3) is 0 Å². The highest BCUT2D eigenvalue weighted by atomic mass is 32.2. The molecule has 3 unspecified atom stereocenters. The lowest BCUT2D eigenvalue weighted by molar-refractivity contribution is 0.173. The largest absolute Gasteiger partial charge is 0.316 e. The third-order valence-electron chi connectivity index (χ3n) is 4.28. The molecule has 1 saturated carbocycles. The molecule has 1 aliphatic rings. The van der Waals surface area contributed by atoms with E-state index in [2.05, 4.69) is 32.3 Å². The fourth-order valence-electron chi connectivity index (χ4n) is 3.23. The van der Waals surface area contributed by atoms with E-state index >= 15 is 0 Å². The average molecular weight is 272 g/mol. The molecule has 3 atom stereocenters. The molecule has 1 N–H and O–H groups in total. The lowest BCUT2D eigenvalue weighted by Gasteiger charge is -2.35. The molecule has 0 aliphatic heterocycles. The SMILES string of the molecule is CSCCCC1CC(C)CCC1CNCC(C)C. The van der Waals surface area contributed by atoms with Crippen LogP contribution in [0.15, 0.2) is 0 Å². The molecule has 0 aromatic carbocycles. The van der Waals surface area contributed by atoms with Crippen molar-refractivity contribution >= 4 is 11.8 Å². The first-order valence-electron chi connectivity index (χ1n) is 7.83. The van der Waals surface area contributed by atoms with Crippen LogP contribution in [0.3, 0.4) is 0 Å². The van der Waals surface area contributed by atoms with Gasteiger partial charge in [-0.25, -0.2) is 0 Å². The van der Waals surface area contributed by atoms with E-state index < -0.39 is 0 Å². The van der Waals surface area contributed by atoms with Gasteiger partial charge in [0.1, 0.15) is 0 Å². The van der Waals surface area contributed by atoms with Crippen LogP contribution in [0, 0.1) is 23.7 Å². The van der Waals surface area contributed by atoms with Gasteiger partial charge in [0.2, 0.25) is 0 Å². The molecule has 0 bridgehead atoms. The molecule has 1 nitrogen and oxygen atoms in total. The fraction of sp³-hybridized carbons (Fsp3) is 1.00. The number of rotatable bonds is 8. The van der Waals surface area contributed by atoms with E-state index in [4.69, 9.17) is 0 Å². The molecule has 0 radical (unpaired) electrons. The maximum Gasteiger partial charge on any atom is -0.00178 e. The highest BCUT2D eigenvalue weighted by Gasteiger charge is 2.27. The zero-order valence-corrected chi connectivity index (χ0v) is 13.7. The van der Waals surface area contributed by atoms with Gasteiger partial charge in [-0.1, -0.05) is 27.2 Å². The Labute approximate surface area is 119 Å². The monoisotopic (exact) mass is 271 g/mol. The molecule has 1 fully saturated rings. The van der Waals surface area contributed by atoms with E-state index in [1.165, 1.54) is 50.9 Å². The summed E-state index contributed by atoms with van der Waals surface area (Å²) in [6, 6.07) is 0. The molecule has 0 amide bonds. The third kappa shape index (κ3) is 6.47. The predicted molar refractivity (Wildman–Crippen MR) is 85.3 cm³/mol. The molecular formula is C16H33NS. The second-order valence-electron chi connectivity index (χ2n) is 6.63. The van der Waals surface area contributed by atoms with Gasteiger partial charge in [-0.05, 0) is 74.5 Å². The van der Waals surface area contributed by atoms with Crippen molar-refractivity contribution < 1.29 is 0 Å². The summed E-state index contributed by atoms with van der Waals surface area (Å²) in [4.78, 5) is 0. The van der Waals surface area contributed by atoms with Gasteiger partial charge in [-0.3, -0.25) is 0 Å². The minimum atomic E-state index is 0.780. The summed E-state index contributed by atoms with van der Waals surface area (Å²) < 4.78 is 0. The Morgan fingerprint density at radius 1 is 1.22 bits per heavy atom. The van der Waals surface area contributed by atoms with E-state index in [1.54, 1.807) is 0 Å². The van der Waals surface area contributed by atoms with Gasteiger partial charge in [0, 0.05) is 0 Å². The molecule has 0 saturated heterocycles. The van der Waals surface area contributed by atoms with Crippen LogP contribution in [-0.4, -0.2) is 25.1 Å². The van der Waals surface area contributed by atoms with Crippen LogP contribution in [0.4, 0.5) is 0 Å². The zero-order valence-electron chi connectivity index (χ0n) is 12.9. The molecule has 0 aromatic rings. The van der Waals surface area contributed by atoms with Crippen molar-refractivity contribution in [1.29, 1.82) is 0 Å². The smallest absolute Gasteiger partial charge is 0.00178 e. The summed E-state index contributed by atoms with van der Waals surface area (Å²) in [6.45, 7) is 9.48. The van der Waals surface area contributed by atoms with Crippen LogP contribution >= 0.6 is 11.8 Å². The summed E-state index contributed by atoms with van der Waals surface area (Å²) in [5.41, 5.74) is 0.